The number of nitrogens with one attached hydrogen (secondary N) is 2. The van der Waals surface area contributed by atoms with E-state index in [1.54, 1.807) is 18.2 Å². The van der Waals surface area contributed by atoms with Crippen molar-refractivity contribution < 1.29 is 18.0 Å². The van der Waals surface area contributed by atoms with Gasteiger partial charge in [-0.1, -0.05) is 18.2 Å². The number of amides is 1. The van der Waals surface area contributed by atoms with Gasteiger partial charge in [-0.2, -0.15) is 0 Å². The topological polar surface area (TPSA) is 92.3 Å². The third-order valence-corrected chi connectivity index (χ3v) is 6.49. The van der Waals surface area contributed by atoms with Gasteiger partial charge >= 0.3 is 0 Å². The van der Waals surface area contributed by atoms with Crippen molar-refractivity contribution in [2.75, 3.05) is 10.0 Å². The third kappa shape index (κ3) is 4.47. The molecule has 0 aliphatic rings. The highest BCUT2D eigenvalue weighted by molar-refractivity contribution is 7.92. The van der Waals surface area contributed by atoms with Gasteiger partial charge in [-0.25, -0.2) is 8.42 Å². The molecular formula is C20H18N2O4S2. The fourth-order valence-electron chi connectivity index (χ4n) is 2.46. The Morgan fingerprint density at radius 1 is 1.00 bits per heavy atom. The van der Waals surface area contributed by atoms with E-state index >= 15 is 0 Å². The van der Waals surface area contributed by atoms with E-state index in [9.17, 15) is 18.0 Å². The SMILES string of the molecule is CC(=O)c1ccc(NS(=O)(=O)c2csc(C(=O)Nc3ccccc3C)c2)cc1. The number of Topliss-reactive ketones (excluding diaryl/α,β-unsaturated/α-hetero) is 1. The second-order valence-electron chi connectivity index (χ2n) is 6.15. The maximum absolute atomic E-state index is 12.6. The van der Waals surface area contributed by atoms with E-state index in [0.717, 1.165) is 16.9 Å². The molecule has 0 fully saturated rings. The molecule has 0 saturated heterocycles. The van der Waals surface area contributed by atoms with Crippen molar-refractivity contribution in [3.63, 3.8) is 0 Å². The Bertz CT molecular complexity index is 1130. The van der Waals surface area contributed by atoms with E-state index in [0.29, 0.717) is 16.9 Å². The first kappa shape index (κ1) is 19.8. The minimum atomic E-state index is -3.84. The molecule has 0 bridgehead atoms. The molecule has 3 rings (SSSR count). The molecule has 0 radical (unpaired) electrons. The fraction of sp³-hybridized carbons (Fsp3) is 0.100. The van der Waals surface area contributed by atoms with Crippen molar-refractivity contribution in [3.8, 4) is 0 Å². The van der Waals surface area contributed by atoms with Crippen LogP contribution in [0.5, 0.6) is 0 Å². The number of para-hydroxylation sites is 1. The van der Waals surface area contributed by atoms with Gasteiger partial charge in [-0.05, 0) is 55.8 Å². The molecule has 0 spiro atoms. The van der Waals surface area contributed by atoms with Crippen LogP contribution in [0.15, 0.2) is 64.9 Å². The number of anilines is 2. The van der Waals surface area contributed by atoms with Crippen molar-refractivity contribution in [2.24, 2.45) is 0 Å². The van der Waals surface area contributed by atoms with Crippen molar-refractivity contribution in [1.82, 2.24) is 0 Å². The lowest BCUT2D eigenvalue weighted by Gasteiger charge is -2.07. The van der Waals surface area contributed by atoms with Crippen molar-refractivity contribution in [2.45, 2.75) is 18.7 Å². The molecule has 1 aromatic heterocycles. The smallest absolute Gasteiger partial charge is 0.265 e. The number of rotatable bonds is 6. The molecular weight excluding hydrogens is 396 g/mol. The average molecular weight is 415 g/mol. The largest absolute Gasteiger partial charge is 0.321 e. The highest BCUT2D eigenvalue weighted by Gasteiger charge is 2.19. The van der Waals surface area contributed by atoms with Crippen LogP contribution in [0.2, 0.25) is 0 Å². The average Bonchev–Trinajstić information content (AvgIpc) is 3.15. The summed E-state index contributed by atoms with van der Waals surface area (Å²) in [6.45, 7) is 3.31. The number of benzene rings is 2. The fourth-order valence-corrected chi connectivity index (χ4v) is 4.69. The highest BCUT2D eigenvalue weighted by atomic mass is 32.2. The summed E-state index contributed by atoms with van der Waals surface area (Å²) >= 11 is 1.05. The minimum absolute atomic E-state index is 0.00285. The summed E-state index contributed by atoms with van der Waals surface area (Å²) in [5, 5.41) is 4.20. The number of carbonyl (C=O) groups excluding carboxylic acids is 2. The van der Waals surface area contributed by atoms with Crippen molar-refractivity contribution in [1.29, 1.82) is 0 Å². The molecule has 1 amide bonds. The van der Waals surface area contributed by atoms with Crippen LogP contribution in [0.3, 0.4) is 0 Å². The first-order chi connectivity index (χ1) is 13.3. The van der Waals surface area contributed by atoms with Crippen LogP contribution in [0, 0.1) is 6.92 Å². The molecule has 0 aliphatic carbocycles. The summed E-state index contributed by atoms with van der Waals surface area (Å²) in [4.78, 5) is 24.0. The maximum atomic E-state index is 12.6. The Labute approximate surface area is 167 Å². The van der Waals surface area contributed by atoms with Gasteiger partial charge in [0.25, 0.3) is 15.9 Å². The summed E-state index contributed by atoms with van der Waals surface area (Å²) < 4.78 is 27.6. The summed E-state index contributed by atoms with van der Waals surface area (Å²) in [6, 6.07) is 14.8. The Hall–Kier alpha value is -2.97. The Kier molecular flexibility index (Phi) is 5.62. The second kappa shape index (κ2) is 7.95. The zero-order chi connectivity index (χ0) is 20.3. The van der Waals surface area contributed by atoms with Crippen LogP contribution in [-0.4, -0.2) is 20.1 Å². The number of hydrogen-bond acceptors (Lipinski definition) is 5. The zero-order valence-corrected chi connectivity index (χ0v) is 16.9. The van der Waals surface area contributed by atoms with E-state index in [1.165, 1.54) is 30.5 Å². The van der Waals surface area contributed by atoms with Gasteiger partial charge in [0.05, 0.1) is 9.77 Å². The number of aryl methyl sites for hydroxylation is 1. The lowest BCUT2D eigenvalue weighted by molar-refractivity contribution is 0.101. The molecule has 0 aliphatic heterocycles. The first-order valence-corrected chi connectivity index (χ1v) is 10.7. The van der Waals surface area contributed by atoms with Crippen molar-refractivity contribution in [3.05, 3.63) is 76.0 Å². The standard InChI is InChI=1S/C20H18N2O4S2/c1-13-5-3-4-6-18(13)21-20(24)19-11-17(12-27-19)28(25,26)22-16-9-7-15(8-10-16)14(2)23/h3-12,22H,1-2H3,(H,21,24). The minimum Gasteiger partial charge on any atom is -0.321 e. The van der Waals surface area contributed by atoms with Gasteiger partial charge in [-0.15, -0.1) is 11.3 Å². The molecule has 28 heavy (non-hydrogen) atoms. The molecule has 0 atom stereocenters. The summed E-state index contributed by atoms with van der Waals surface area (Å²) in [5.74, 6) is -0.469. The zero-order valence-electron chi connectivity index (χ0n) is 15.2. The van der Waals surface area contributed by atoms with Gasteiger partial charge in [0, 0.05) is 22.3 Å². The maximum Gasteiger partial charge on any atom is 0.265 e. The van der Waals surface area contributed by atoms with Gasteiger partial charge in [-0.3, -0.25) is 14.3 Å². The highest BCUT2D eigenvalue weighted by Crippen LogP contribution is 2.24. The molecule has 2 aromatic carbocycles. The Balaban J connectivity index is 1.75. The normalized spacial score (nSPS) is 11.1. The second-order valence-corrected chi connectivity index (χ2v) is 8.75. The van der Waals surface area contributed by atoms with Crippen molar-refractivity contribution >= 4 is 44.4 Å². The molecule has 0 unspecified atom stereocenters. The number of thiophene rings is 1. The molecule has 1 heterocycles. The van der Waals surface area contributed by atoms with Crippen LogP contribution in [0.25, 0.3) is 0 Å². The quantitative estimate of drug-likeness (QED) is 0.588. The molecule has 0 saturated carbocycles. The molecule has 3 aromatic rings. The molecule has 8 heteroatoms. The van der Waals surface area contributed by atoms with Gasteiger partial charge < -0.3 is 5.32 Å². The Morgan fingerprint density at radius 3 is 2.32 bits per heavy atom. The lowest BCUT2D eigenvalue weighted by Crippen LogP contribution is -2.13. The van der Waals surface area contributed by atoms with Gasteiger partial charge in [0.1, 0.15) is 0 Å². The summed E-state index contributed by atoms with van der Waals surface area (Å²) in [5.41, 5.74) is 2.42. The lowest BCUT2D eigenvalue weighted by atomic mass is 10.1. The van der Waals surface area contributed by atoms with E-state index < -0.39 is 10.0 Å². The van der Waals surface area contributed by atoms with Crippen LogP contribution in [0.4, 0.5) is 11.4 Å². The molecule has 2 N–H and O–H groups in total. The Morgan fingerprint density at radius 2 is 1.68 bits per heavy atom. The summed E-state index contributed by atoms with van der Waals surface area (Å²) in [7, 11) is -3.84. The van der Waals surface area contributed by atoms with E-state index in [-0.39, 0.29) is 21.5 Å². The molecule has 6 nitrogen and oxygen atoms in total. The number of sulfonamides is 1. The van der Waals surface area contributed by atoms with E-state index in [4.69, 9.17) is 0 Å². The molecule has 144 valence electrons. The predicted molar refractivity (Wildman–Crippen MR) is 111 cm³/mol. The van der Waals surface area contributed by atoms with Gasteiger partial charge in [0.2, 0.25) is 0 Å². The van der Waals surface area contributed by atoms with Crippen LogP contribution in [-0.2, 0) is 10.0 Å². The first-order valence-electron chi connectivity index (χ1n) is 8.35. The van der Waals surface area contributed by atoms with Crippen LogP contribution >= 0.6 is 11.3 Å². The number of hydrogen-bond donors (Lipinski definition) is 2. The summed E-state index contributed by atoms with van der Waals surface area (Å²) in [6.07, 6.45) is 0. The predicted octanol–water partition coefficient (Wildman–Crippen LogP) is 4.31. The number of ketones is 1. The van der Waals surface area contributed by atoms with Crippen LogP contribution < -0.4 is 10.0 Å². The van der Waals surface area contributed by atoms with E-state index in [1.807, 2.05) is 25.1 Å². The van der Waals surface area contributed by atoms with E-state index in [2.05, 4.69) is 10.0 Å². The van der Waals surface area contributed by atoms with Gasteiger partial charge in [0.15, 0.2) is 5.78 Å². The number of carbonyl (C=O) groups is 2. The third-order valence-electron chi connectivity index (χ3n) is 4.05. The monoisotopic (exact) mass is 414 g/mol. The van der Waals surface area contributed by atoms with Crippen LogP contribution in [0.1, 0.15) is 32.5 Å².